The number of fused-ring (bicyclic) bond motifs is 1. The normalized spacial score (nSPS) is 13.0. The predicted octanol–water partition coefficient (Wildman–Crippen LogP) is 3.19. The Hall–Kier alpha value is -2.43. The van der Waals surface area contributed by atoms with Crippen molar-refractivity contribution in [3.05, 3.63) is 48.2 Å². The lowest BCUT2D eigenvalue weighted by Gasteiger charge is -2.20. The molecule has 3 aromatic rings. The Bertz CT molecular complexity index is 1160. The fourth-order valence-electron chi connectivity index (χ4n) is 3.01. The van der Waals surface area contributed by atoms with Crippen LogP contribution in [0.2, 0.25) is 0 Å². The number of sulfonamides is 1. The minimum Gasteiger partial charge on any atom is -0.325 e. The van der Waals surface area contributed by atoms with E-state index in [1.165, 1.54) is 22.1 Å². The standard InChI is InChI=1S/C20H25N5O3S2/c1-5-24(6-2)30(27,28)17-13-16(11-10-14(17)3)21-19(26)15(4)29-20-23-22-18-9-7-8-12-25(18)20/h7-13,15H,5-6H2,1-4H3,(H,21,26). The fraction of sp³-hybridized carbons (Fsp3) is 0.350. The highest BCUT2D eigenvalue weighted by atomic mass is 32.2. The van der Waals surface area contributed by atoms with Crippen LogP contribution in [-0.4, -0.2) is 51.6 Å². The first-order chi connectivity index (χ1) is 14.3. The van der Waals surface area contributed by atoms with E-state index in [2.05, 4.69) is 15.5 Å². The highest BCUT2D eigenvalue weighted by molar-refractivity contribution is 8.00. The number of hydrogen-bond acceptors (Lipinski definition) is 6. The van der Waals surface area contributed by atoms with Crippen molar-refractivity contribution in [3.63, 3.8) is 0 Å². The molecule has 30 heavy (non-hydrogen) atoms. The van der Waals surface area contributed by atoms with Gasteiger partial charge in [0, 0.05) is 25.0 Å². The summed E-state index contributed by atoms with van der Waals surface area (Å²) >= 11 is 1.28. The number of aromatic nitrogens is 3. The molecule has 1 N–H and O–H groups in total. The largest absolute Gasteiger partial charge is 0.325 e. The minimum atomic E-state index is -3.62. The van der Waals surface area contributed by atoms with Crippen LogP contribution in [0.5, 0.6) is 0 Å². The summed E-state index contributed by atoms with van der Waals surface area (Å²) in [6.07, 6.45) is 1.84. The number of thioether (sulfide) groups is 1. The van der Waals surface area contributed by atoms with Crippen LogP contribution in [0.3, 0.4) is 0 Å². The van der Waals surface area contributed by atoms with E-state index in [-0.39, 0.29) is 10.8 Å². The lowest BCUT2D eigenvalue weighted by Crippen LogP contribution is -2.31. The van der Waals surface area contributed by atoms with Crippen LogP contribution < -0.4 is 5.32 Å². The Balaban J connectivity index is 1.78. The number of nitrogens with zero attached hydrogens (tertiary/aromatic N) is 4. The maximum absolute atomic E-state index is 12.9. The van der Waals surface area contributed by atoms with E-state index in [1.54, 1.807) is 39.8 Å². The molecule has 0 fully saturated rings. The maximum Gasteiger partial charge on any atom is 0.243 e. The summed E-state index contributed by atoms with van der Waals surface area (Å²) in [7, 11) is -3.62. The van der Waals surface area contributed by atoms with Gasteiger partial charge < -0.3 is 5.32 Å². The highest BCUT2D eigenvalue weighted by Crippen LogP contribution is 2.26. The molecule has 3 rings (SSSR count). The van der Waals surface area contributed by atoms with E-state index in [1.807, 2.05) is 28.8 Å². The number of anilines is 1. The molecule has 8 nitrogen and oxygen atoms in total. The zero-order valence-electron chi connectivity index (χ0n) is 17.4. The predicted molar refractivity (Wildman–Crippen MR) is 118 cm³/mol. The summed E-state index contributed by atoms with van der Waals surface area (Å²) in [5.41, 5.74) is 1.78. The van der Waals surface area contributed by atoms with E-state index in [0.717, 1.165) is 0 Å². The van der Waals surface area contributed by atoms with E-state index in [4.69, 9.17) is 0 Å². The van der Waals surface area contributed by atoms with Crippen molar-refractivity contribution in [1.29, 1.82) is 0 Å². The Kier molecular flexibility index (Phi) is 6.79. The number of aryl methyl sites for hydroxylation is 1. The molecular weight excluding hydrogens is 422 g/mol. The lowest BCUT2D eigenvalue weighted by atomic mass is 10.2. The van der Waals surface area contributed by atoms with Crippen LogP contribution in [0.1, 0.15) is 26.3 Å². The summed E-state index contributed by atoms with van der Waals surface area (Å²) in [6, 6.07) is 10.5. The molecule has 160 valence electrons. The van der Waals surface area contributed by atoms with Crippen LogP contribution >= 0.6 is 11.8 Å². The summed E-state index contributed by atoms with van der Waals surface area (Å²) in [5, 5.41) is 11.2. The highest BCUT2D eigenvalue weighted by Gasteiger charge is 2.25. The maximum atomic E-state index is 12.9. The summed E-state index contributed by atoms with van der Waals surface area (Å²) < 4.78 is 29.0. The molecule has 1 unspecified atom stereocenters. The van der Waals surface area contributed by atoms with Crippen LogP contribution in [0.25, 0.3) is 5.65 Å². The third kappa shape index (κ3) is 4.50. The number of rotatable bonds is 8. The smallest absolute Gasteiger partial charge is 0.243 e. The number of carbonyl (C=O) groups is 1. The summed E-state index contributed by atoms with van der Waals surface area (Å²) in [6.45, 7) is 7.89. The molecule has 2 heterocycles. The van der Waals surface area contributed by atoms with Crippen LogP contribution in [0, 0.1) is 6.92 Å². The summed E-state index contributed by atoms with van der Waals surface area (Å²) in [5.74, 6) is -0.247. The van der Waals surface area contributed by atoms with Gasteiger partial charge >= 0.3 is 0 Å². The first-order valence-electron chi connectivity index (χ1n) is 9.66. The Morgan fingerprint density at radius 1 is 1.20 bits per heavy atom. The van der Waals surface area contributed by atoms with Gasteiger partial charge in [0.25, 0.3) is 0 Å². The van der Waals surface area contributed by atoms with Gasteiger partial charge in [-0.25, -0.2) is 8.42 Å². The molecule has 0 bridgehead atoms. The van der Waals surface area contributed by atoms with Gasteiger partial charge in [0.15, 0.2) is 10.8 Å². The van der Waals surface area contributed by atoms with Crippen molar-refractivity contribution in [1.82, 2.24) is 18.9 Å². The zero-order chi connectivity index (χ0) is 21.9. The van der Waals surface area contributed by atoms with Gasteiger partial charge in [-0.1, -0.05) is 37.7 Å². The molecule has 0 saturated heterocycles. The fourth-order valence-corrected chi connectivity index (χ4v) is 5.56. The SMILES string of the molecule is CCN(CC)S(=O)(=O)c1cc(NC(=O)C(C)Sc2nnc3ccccn23)ccc1C. The minimum absolute atomic E-state index is 0.202. The third-order valence-electron chi connectivity index (χ3n) is 4.71. The van der Waals surface area contributed by atoms with E-state index >= 15 is 0 Å². The van der Waals surface area contributed by atoms with Gasteiger partial charge in [0.1, 0.15) is 0 Å². The quantitative estimate of drug-likeness (QED) is 0.533. The van der Waals surface area contributed by atoms with Crippen LogP contribution in [0.4, 0.5) is 5.69 Å². The number of carbonyl (C=O) groups excluding carboxylic acids is 1. The van der Waals surface area contributed by atoms with E-state index in [0.29, 0.717) is 35.1 Å². The van der Waals surface area contributed by atoms with E-state index in [9.17, 15) is 13.2 Å². The second kappa shape index (κ2) is 9.15. The molecule has 10 heteroatoms. The van der Waals surface area contributed by atoms with Crippen molar-refractivity contribution >= 4 is 39.0 Å². The molecule has 1 atom stereocenters. The number of amides is 1. The number of hydrogen-bond donors (Lipinski definition) is 1. The molecule has 1 amide bonds. The van der Waals surface area contributed by atoms with Gasteiger partial charge in [-0.05, 0) is 43.7 Å². The van der Waals surface area contributed by atoms with Gasteiger partial charge in [-0.2, -0.15) is 4.31 Å². The first kappa shape index (κ1) is 22.3. The molecule has 0 spiro atoms. The monoisotopic (exact) mass is 447 g/mol. The average Bonchev–Trinajstić information content (AvgIpc) is 3.13. The van der Waals surface area contributed by atoms with E-state index < -0.39 is 15.3 Å². The molecule has 0 radical (unpaired) electrons. The third-order valence-corrected chi connectivity index (χ3v) is 7.96. The van der Waals surface area contributed by atoms with Crippen molar-refractivity contribution in [2.24, 2.45) is 0 Å². The first-order valence-corrected chi connectivity index (χ1v) is 12.0. The second-order valence-corrected chi connectivity index (χ2v) is 9.94. The molecule has 0 aliphatic rings. The van der Waals surface area contributed by atoms with Crippen molar-refractivity contribution in [2.45, 2.75) is 43.0 Å². The van der Waals surface area contributed by atoms with Gasteiger partial charge in [-0.15, -0.1) is 10.2 Å². The molecule has 0 aliphatic heterocycles. The molecule has 2 aromatic heterocycles. The topological polar surface area (TPSA) is 96.7 Å². The number of nitrogens with one attached hydrogen (secondary N) is 1. The zero-order valence-corrected chi connectivity index (χ0v) is 19.0. The van der Waals surface area contributed by atoms with Crippen molar-refractivity contribution in [3.8, 4) is 0 Å². The average molecular weight is 448 g/mol. The Morgan fingerprint density at radius 3 is 2.63 bits per heavy atom. The molecule has 0 saturated carbocycles. The van der Waals surface area contributed by atoms with Crippen molar-refractivity contribution in [2.75, 3.05) is 18.4 Å². The second-order valence-electron chi connectivity index (χ2n) is 6.73. The Morgan fingerprint density at radius 2 is 1.93 bits per heavy atom. The van der Waals surface area contributed by atoms with Crippen LogP contribution in [-0.2, 0) is 14.8 Å². The molecule has 0 aliphatic carbocycles. The summed E-state index contributed by atoms with van der Waals surface area (Å²) in [4.78, 5) is 12.9. The van der Waals surface area contributed by atoms with Gasteiger partial charge in [0.05, 0.1) is 10.1 Å². The van der Waals surface area contributed by atoms with Gasteiger partial charge in [0.2, 0.25) is 15.9 Å². The van der Waals surface area contributed by atoms with Crippen LogP contribution in [0.15, 0.2) is 52.6 Å². The van der Waals surface area contributed by atoms with Crippen molar-refractivity contribution < 1.29 is 13.2 Å². The lowest BCUT2D eigenvalue weighted by molar-refractivity contribution is -0.115. The number of benzene rings is 1. The Labute approximate surface area is 180 Å². The molecule has 1 aromatic carbocycles. The van der Waals surface area contributed by atoms with Gasteiger partial charge in [-0.3, -0.25) is 9.20 Å². The molecular formula is C20H25N5O3S2. The number of pyridine rings is 1.